The molecule has 0 amide bonds. The second-order valence-electron chi connectivity index (χ2n) is 4.40. The van der Waals surface area contributed by atoms with E-state index in [2.05, 4.69) is 57.3 Å². The Labute approximate surface area is 110 Å². The van der Waals surface area contributed by atoms with Gasteiger partial charge in [-0.05, 0) is 44.0 Å². The average molecular weight is 251 g/mol. The second-order valence-corrected chi connectivity index (χ2v) is 5.78. The molecule has 0 aliphatic heterocycles. The molecule has 2 heteroatoms. The first-order valence-corrected chi connectivity index (χ1v) is 7.59. The third-order valence-corrected chi connectivity index (χ3v) is 4.65. The van der Waals surface area contributed by atoms with Gasteiger partial charge < -0.3 is 5.32 Å². The Morgan fingerprint density at radius 2 is 1.65 bits per heavy atom. The van der Waals surface area contributed by atoms with E-state index in [4.69, 9.17) is 0 Å². The van der Waals surface area contributed by atoms with Gasteiger partial charge in [0.2, 0.25) is 0 Å². The highest BCUT2D eigenvalue weighted by Crippen LogP contribution is 2.28. The van der Waals surface area contributed by atoms with Gasteiger partial charge in [0.25, 0.3) is 0 Å². The fourth-order valence-electron chi connectivity index (χ4n) is 1.91. The zero-order valence-electron chi connectivity index (χ0n) is 11.5. The quantitative estimate of drug-likeness (QED) is 0.709. The smallest absolute Gasteiger partial charge is 0.0291 e. The molecular weight excluding hydrogens is 226 g/mol. The molecule has 0 spiro atoms. The van der Waals surface area contributed by atoms with Gasteiger partial charge in [0, 0.05) is 16.2 Å². The SMILES string of the molecule is CCNC(C)c1ccc(SC(CC)CC)cc1. The Hall–Kier alpha value is -0.470. The van der Waals surface area contributed by atoms with Gasteiger partial charge in [-0.1, -0.05) is 32.9 Å². The average Bonchev–Trinajstić information content (AvgIpc) is 2.37. The number of rotatable bonds is 7. The molecular formula is C15H25NS. The minimum atomic E-state index is 0.451. The predicted molar refractivity (Wildman–Crippen MR) is 78.8 cm³/mol. The van der Waals surface area contributed by atoms with E-state index in [1.54, 1.807) is 0 Å². The third-order valence-electron chi connectivity index (χ3n) is 3.10. The summed E-state index contributed by atoms with van der Waals surface area (Å²) in [5.41, 5.74) is 1.38. The lowest BCUT2D eigenvalue weighted by Gasteiger charge is -2.15. The fourth-order valence-corrected chi connectivity index (χ4v) is 2.92. The molecule has 0 heterocycles. The molecule has 1 unspecified atom stereocenters. The van der Waals surface area contributed by atoms with E-state index in [0.717, 1.165) is 11.8 Å². The van der Waals surface area contributed by atoms with Crippen LogP contribution in [0.3, 0.4) is 0 Å². The van der Waals surface area contributed by atoms with Crippen LogP contribution >= 0.6 is 11.8 Å². The summed E-state index contributed by atoms with van der Waals surface area (Å²) in [6, 6.07) is 9.46. The van der Waals surface area contributed by atoms with Gasteiger partial charge in [0.1, 0.15) is 0 Å². The molecule has 1 atom stereocenters. The monoisotopic (exact) mass is 251 g/mol. The minimum absolute atomic E-state index is 0.451. The second kappa shape index (κ2) is 7.78. The van der Waals surface area contributed by atoms with Gasteiger partial charge in [0.05, 0.1) is 0 Å². The van der Waals surface area contributed by atoms with E-state index < -0.39 is 0 Å². The van der Waals surface area contributed by atoms with Crippen molar-refractivity contribution in [3.63, 3.8) is 0 Å². The largest absolute Gasteiger partial charge is 0.310 e. The van der Waals surface area contributed by atoms with Crippen LogP contribution in [0.4, 0.5) is 0 Å². The van der Waals surface area contributed by atoms with Gasteiger partial charge in [-0.2, -0.15) is 0 Å². The number of benzene rings is 1. The summed E-state index contributed by atoms with van der Waals surface area (Å²) < 4.78 is 0. The molecule has 1 aromatic rings. The van der Waals surface area contributed by atoms with E-state index in [-0.39, 0.29) is 0 Å². The molecule has 1 N–H and O–H groups in total. The number of nitrogens with one attached hydrogen (secondary N) is 1. The maximum atomic E-state index is 3.44. The zero-order valence-corrected chi connectivity index (χ0v) is 12.3. The van der Waals surface area contributed by atoms with Crippen molar-refractivity contribution in [2.45, 2.75) is 56.7 Å². The van der Waals surface area contributed by atoms with E-state index in [1.165, 1.54) is 23.3 Å². The molecule has 1 aromatic carbocycles. The van der Waals surface area contributed by atoms with Crippen molar-refractivity contribution in [3.05, 3.63) is 29.8 Å². The normalized spacial score (nSPS) is 13.0. The molecule has 0 saturated carbocycles. The molecule has 0 saturated heterocycles. The Balaban J connectivity index is 2.61. The standard InChI is InChI=1S/C15H25NS/c1-5-14(6-2)17-15-10-8-13(9-11-15)12(4)16-7-3/h8-12,14,16H,5-7H2,1-4H3. The van der Waals surface area contributed by atoms with Crippen LogP contribution < -0.4 is 5.32 Å². The van der Waals surface area contributed by atoms with Crippen molar-refractivity contribution in [1.29, 1.82) is 0 Å². The van der Waals surface area contributed by atoms with Crippen LogP contribution in [0.5, 0.6) is 0 Å². The number of thioether (sulfide) groups is 1. The lowest BCUT2D eigenvalue weighted by Crippen LogP contribution is -2.17. The molecule has 96 valence electrons. The zero-order chi connectivity index (χ0) is 12.7. The Morgan fingerprint density at radius 3 is 2.12 bits per heavy atom. The van der Waals surface area contributed by atoms with Crippen LogP contribution in [-0.4, -0.2) is 11.8 Å². The van der Waals surface area contributed by atoms with E-state index in [1.807, 2.05) is 11.8 Å². The van der Waals surface area contributed by atoms with E-state index in [0.29, 0.717) is 6.04 Å². The van der Waals surface area contributed by atoms with Crippen LogP contribution in [0.1, 0.15) is 52.1 Å². The summed E-state index contributed by atoms with van der Waals surface area (Å²) in [7, 11) is 0. The molecule has 0 bridgehead atoms. The van der Waals surface area contributed by atoms with Crippen LogP contribution in [0, 0.1) is 0 Å². The summed E-state index contributed by atoms with van der Waals surface area (Å²) in [4.78, 5) is 1.39. The highest BCUT2D eigenvalue weighted by atomic mass is 32.2. The third kappa shape index (κ3) is 4.72. The summed E-state index contributed by atoms with van der Waals surface area (Å²) in [5, 5.41) is 4.19. The Bertz CT molecular complexity index is 303. The molecule has 0 aromatic heterocycles. The van der Waals surface area contributed by atoms with Crippen molar-refractivity contribution >= 4 is 11.8 Å². The Kier molecular flexibility index (Phi) is 6.68. The predicted octanol–water partition coefficient (Wildman–Crippen LogP) is 4.64. The van der Waals surface area contributed by atoms with Gasteiger partial charge >= 0.3 is 0 Å². The molecule has 17 heavy (non-hydrogen) atoms. The van der Waals surface area contributed by atoms with Gasteiger partial charge in [-0.3, -0.25) is 0 Å². The molecule has 0 fully saturated rings. The van der Waals surface area contributed by atoms with Gasteiger partial charge in [-0.15, -0.1) is 11.8 Å². The van der Waals surface area contributed by atoms with Crippen LogP contribution in [0.25, 0.3) is 0 Å². The minimum Gasteiger partial charge on any atom is -0.310 e. The molecule has 1 nitrogen and oxygen atoms in total. The summed E-state index contributed by atoms with van der Waals surface area (Å²) in [5.74, 6) is 0. The van der Waals surface area contributed by atoms with Crippen molar-refractivity contribution in [2.75, 3.05) is 6.54 Å². The van der Waals surface area contributed by atoms with Crippen LogP contribution in [0.2, 0.25) is 0 Å². The lowest BCUT2D eigenvalue weighted by molar-refractivity contribution is 0.598. The fraction of sp³-hybridized carbons (Fsp3) is 0.600. The summed E-state index contributed by atoms with van der Waals surface area (Å²) in [6.07, 6.45) is 2.49. The molecule has 0 aliphatic rings. The van der Waals surface area contributed by atoms with Crippen molar-refractivity contribution < 1.29 is 0 Å². The lowest BCUT2D eigenvalue weighted by atomic mass is 10.1. The maximum absolute atomic E-state index is 3.44. The van der Waals surface area contributed by atoms with Gasteiger partial charge in [-0.25, -0.2) is 0 Å². The van der Waals surface area contributed by atoms with E-state index >= 15 is 0 Å². The Morgan fingerprint density at radius 1 is 1.06 bits per heavy atom. The topological polar surface area (TPSA) is 12.0 Å². The first-order chi connectivity index (χ1) is 8.21. The highest BCUT2D eigenvalue weighted by Gasteiger charge is 2.07. The van der Waals surface area contributed by atoms with Crippen molar-refractivity contribution in [2.24, 2.45) is 0 Å². The van der Waals surface area contributed by atoms with Crippen molar-refractivity contribution in [3.8, 4) is 0 Å². The number of hydrogen-bond acceptors (Lipinski definition) is 2. The van der Waals surface area contributed by atoms with Crippen LogP contribution in [0.15, 0.2) is 29.2 Å². The molecule has 1 rings (SSSR count). The molecule has 0 radical (unpaired) electrons. The van der Waals surface area contributed by atoms with E-state index in [9.17, 15) is 0 Å². The van der Waals surface area contributed by atoms with Crippen LogP contribution in [-0.2, 0) is 0 Å². The first-order valence-electron chi connectivity index (χ1n) is 6.71. The summed E-state index contributed by atoms with van der Waals surface area (Å²) in [6.45, 7) is 9.91. The maximum Gasteiger partial charge on any atom is 0.0291 e. The summed E-state index contributed by atoms with van der Waals surface area (Å²) >= 11 is 2.00. The van der Waals surface area contributed by atoms with Gasteiger partial charge in [0.15, 0.2) is 0 Å². The number of hydrogen-bond donors (Lipinski definition) is 1. The molecule has 0 aliphatic carbocycles. The first kappa shape index (κ1) is 14.6. The highest BCUT2D eigenvalue weighted by molar-refractivity contribution is 8.00. The van der Waals surface area contributed by atoms with Crippen molar-refractivity contribution in [1.82, 2.24) is 5.32 Å².